The summed E-state index contributed by atoms with van der Waals surface area (Å²) in [5.41, 5.74) is 8.39. The highest BCUT2D eigenvalue weighted by molar-refractivity contribution is 6.07. The van der Waals surface area contributed by atoms with E-state index in [0.717, 1.165) is 56.0 Å². The molecular weight excluding hydrogens is 1040 g/mol. The molecule has 3 atom stereocenters. The number of fused-ring (bicyclic) bond motifs is 12. The lowest BCUT2D eigenvalue weighted by atomic mass is 10.2. The molecule has 0 spiro atoms. The Labute approximate surface area is 453 Å². The molecule has 0 unspecified atom stereocenters. The Hall–Kier alpha value is -11.0. The van der Waals surface area contributed by atoms with Gasteiger partial charge in [0, 0.05) is 57.9 Å². The maximum atomic E-state index is 13.0. The summed E-state index contributed by atoms with van der Waals surface area (Å²) in [5, 5.41) is 44.2. The number of carboxylic acids is 2. The standard InChI is InChI=1S/C18H16N6O3.C17H16N6O4.C17H14N6O3/c1-27-17(25)13-3-4-14-16(21-13)24(12-6-7-23(14)10-12)18(26)22-15-5-2-11(8-19)9-20-15;18-14(24)9-1-4-13(19-7-9)21-17(27)23-10-5-6-22(8-10)12-3-2-11(16(25)26)20-15(12)23;18-7-10-1-4-14(19-8-10)21-17(26)23-11-5-6-22(9-11)13-3-2-12(16(24)25)20-15(13)23/h2-5,9,12H,6-7,10H2,1H3,(H,20,22,26);1-4,7,10H,5-6,8H2,(H2,18,24)(H,25,26)(H,19,21,27);1-4,8,11H,5-6,9H2,(H,24,25)(H,19,21,26)/t12-;10-;11-/m000/s1. The number of carbonyl (C=O) groups is 7. The molecule has 28 nitrogen and oxygen atoms in total. The number of aromatic carboxylic acids is 2. The Kier molecular flexibility index (Phi) is 14.4. The number of urea groups is 3. The quantitative estimate of drug-likeness (QED) is 0.121. The predicted molar refractivity (Wildman–Crippen MR) is 285 cm³/mol. The van der Waals surface area contributed by atoms with Crippen LogP contribution < -0.4 is 51.1 Å². The van der Waals surface area contributed by atoms with Crippen molar-refractivity contribution in [2.75, 3.05) is 91.7 Å². The smallest absolute Gasteiger partial charge is 0.356 e. The SMILES string of the molecule is COC(=O)c1ccc2c(n1)N(C(=O)Nc1ccc(C#N)cn1)[C@H]1CCN2C1.N#Cc1ccc(NC(=O)N2c3nc(C(=O)O)ccc3N3CC[C@H]2C3)nc1.NC(=O)c1ccc(NC(=O)N2c3nc(C(=O)O)ccc3N3CC[C@H]2C3)nc1. The van der Waals surface area contributed by atoms with Crippen LogP contribution >= 0.6 is 0 Å². The fraction of sp³-hybridized carbons (Fsp3) is 0.250. The summed E-state index contributed by atoms with van der Waals surface area (Å²) in [4.78, 5) is 120. The molecule has 12 heterocycles. The van der Waals surface area contributed by atoms with E-state index in [4.69, 9.17) is 21.0 Å². The van der Waals surface area contributed by atoms with Crippen molar-refractivity contribution >= 4 is 93.9 Å². The molecule has 0 saturated carbocycles. The van der Waals surface area contributed by atoms with Gasteiger partial charge in [0.15, 0.2) is 34.5 Å². The molecule has 404 valence electrons. The Balaban J connectivity index is 0.000000135. The molecule has 3 fully saturated rings. The molecule has 6 aromatic rings. The number of primary amides is 1. The van der Waals surface area contributed by atoms with E-state index in [1.165, 1.54) is 59.8 Å². The van der Waals surface area contributed by atoms with Gasteiger partial charge in [-0.1, -0.05) is 0 Å². The number of carbonyl (C=O) groups excluding carboxylic acids is 5. The van der Waals surface area contributed by atoms with Gasteiger partial charge in [0.25, 0.3) is 0 Å². The van der Waals surface area contributed by atoms with E-state index in [1.54, 1.807) is 53.4 Å². The Morgan fingerprint density at radius 1 is 0.537 bits per heavy atom. The van der Waals surface area contributed by atoms with Gasteiger partial charge in [-0.05, 0) is 92.1 Å². The number of nitrogens with zero attached hydrogens (tertiary/aromatic N) is 14. The van der Waals surface area contributed by atoms with E-state index in [1.807, 2.05) is 12.1 Å². The summed E-state index contributed by atoms with van der Waals surface area (Å²) < 4.78 is 4.74. The van der Waals surface area contributed by atoms with Gasteiger partial charge in [-0.25, -0.2) is 58.7 Å². The number of anilines is 9. The summed E-state index contributed by atoms with van der Waals surface area (Å²) in [6, 6.07) is 21.3. The summed E-state index contributed by atoms with van der Waals surface area (Å²) >= 11 is 0. The molecule has 6 aliphatic rings. The number of carboxylic acid groups (broad SMARTS) is 2. The number of hydrogen-bond acceptors (Lipinski definition) is 19. The third kappa shape index (κ3) is 10.5. The third-order valence-electron chi connectivity index (χ3n) is 13.9. The van der Waals surface area contributed by atoms with Gasteiger partial charge in [-0.3, -0.25) is 35.4 Å². The first-order chi connectivity index (χ1) is 38.6. The number of rotatable bonds is 7. The Morgan fingerprint density at radius 2 is 0.900 bits per heavy atom. The molecule has 6 bridgehead atoms. The van der Waals surface area contributed by atoms with Crippen LogP contribution in [-0.4, -0.2) is 147 Å². The fourth-order valence-electron chi connectivity index (χ4n) is 10.1. The van der Waals surface area contributed by atoms with Crippen molar-refractivity contribution in [2.45, 2.75) is 37.4 Å². The number of nitrogens with one attached hydrogen (secondary N) is 3. The highest BCUT2D eigenvalue weighted by atomic mass is 16.5. The van der Waals surface area contributed by atoms with E-state index < -0.39 is 35.9 Å². The molecule has 6 aromatic heterocycles. The molecule has 6 aliphatic heterocycles. The first-order valence-corrected chi connectivity index (χ1v) is 24.7. The summed E-state index contributed by atoms with van der Waals surface area (Å²) in [6.45, 7) is 4.40. The molecule has 0 aliphatic carbocycles. The van der Waals surface area contributed by atoms with Gasteiger partial charge in [-0.2, -0.15) is 10.5 Å². The molecule has 7 N–H and O–H groups in total. The minimum absolute atomic E-state index is 0.0451. The normalized spacial score (nSPS) is 17.3. The zero-order chi connectivity index (χ0) is 56.4. The second-order valence-corrected chi connectivity index (χ2v) is 18.7. The largest absolute Gasteiger partial charge is 0.477 e. The van der Waals surface area contributed by atoms with Crippen LogP contribution in [0.5, 0.6) is 0 Å². The molecule has 80 heavy (non-hydrogen) atoms. The molecule has 7 amide bonds. The number of hydrogen-bond donors (Lipinski definition) is 6. The number of aromatic nitrogens is 6. The Bertz CT molecular complexity index is 3570. The highest BCUT2D eigenvalue weighted by Crippen LogP contribution is 2.42. The van der Waals surface area contributed by atoms with Crippen LogP contribution in [0.1, 0.15) is 72.2 Å². The molecule has 28 heteroatoms. The molecular formula is C52H46N18O10. The predicted octanol–water partition coefficient (Wildman–Crippen LogP) is 4.35. The number of methoxy groups -OCH3 is 1. The number of pyridine rings is 6. The summed E-state index contributed by atoms with van der Waals surface area (Å²) in [7, 11) is 1.29. The van der Waals surface area contributed by atoms with Gasteiger partial charge in [0.05, 0.1) is 59.0 Å². The van der Waals surface area contributed by atoms with Crippen molar-refractivity contribution in [3.05, 3.63) is 125 Å². The average Bonchev–Trinajstić information content (AvgIpc) is 4.29. The molecule has 12 rings (SSSR count). The number of esters is 1. The molecule has 0 radical (unpaired) electrons. The van der Waals surface area contributed by atoms with Crippen molar-refractivity contribution < 1.29 is 48.5 Å². The zero-order valence-electron chi connectivity index (χ0n) is 42.3. The first kappa shape index (κ1) is 52.4. The lowest BCUT2D eigenvalue weighted by Crippen LogP contribution is -2.48. The van der Waals surface area contributed by atoms with Gasteiger partial charge >= 0.3 is 36.0 Å². The first-order valence-electron chi connectivity index (χ1n) is 24.7. The van der Waals surface area contributed by atoms with E-state index >= 15 is 0 Å². The van der Waals surface area contributed by atoms with E-state index in [9.17, 15) is 43.8 Å². The maximum absolute atomic E-state index is 13.0. The Morgan fingerprint density at radius 3 is 1.21 bits per heavy atom. The summed E-state index contributed by atoms with van der Waals surface area (Å²) in [5.74, 6) is -1.49. The number of nitriles is 2. The van der Waals surface area contributed by atoms with Crippen molar-refractivity contribution in [1.29, 1.82) is 10.5 Å². The van der Waals surface area contributed by atoms with Crippen molar-refractivity contribution in [3.63, 3.8) is 0 Å². The second kappa shape index (κ2) is 21.9. The number of ether oxygens (including phenoxy) is 1. The highest BCUT2D eigenvalue weighted by Gasteiger charge is 2.43. The number of nitrogens with two attached hydrogens (primary N) is 1. The maximum Gasteiger partial charge on any atom is 0.356 e. The fourth-order valence-corrected chi connectivity index (χ4v) is 10.1. The van der Waals surface area contributed by atoms with Gasteiger partial charge < -0.3 is 35.4 Å². The van der Waals surface area contributed by atoms with E-state index in [2.05, 4.69) is 60.6 Å². The van der Waals surface area contributed by atoms with E-state index in [0.29, 0.717) is 59.9 Å². The summed E-state index contributed by atoms with van der Waals surface area (Å²) in [6.07, 6.45) is 6.37. The van der Waals surface area contributed by atoms with Crippen LogP contribution in [0.25, 0.3) is 0 Å². The lowest BCUT2D eigenvalue weighted by Gasteiger charge is -2.35. The third-order valence-corrected chi connectivity index (χ3v) is 13.9. The lowest BCUT2D eigenvalue weighted by molar-refractivity contribution is 0.0592. The van der Waals surface area contributed by atoms with E-state index in [-0.39, 0.29) is 52.6 Å². The molecule has 0 aromatic carbocycles. The minimum atomic E-state index is -1.16. The van der Waals surface area contributed by atoms with Crippen LogP contribution in [0.3, 0.4) is 0 Å². The van der Waals surface area contributed by atoms with Crippen LogP contribution in [0.2, 0.25) is 0 Å². The topological polar surface area (TPSA) is 376 Å². The van der Waals surface area contributed by atoms with Crippen LogP contribution in [-0.2, 0) is 4.74 Å². The van der Waals surface area contributed by atoms with Crippen LogP contribution in [0.15, 0.2) is 91.4 Å². The van der Waals surface area contributed by atoms with Crippen LogP contribution in [0.4, 0.5) is 66.4 Å². The second-order valence-electron chi connectivity index (χ2n) is 18.7. The van der Waals surface area contributed by atoms with Crippen molar-refractivity contribution in [3.8, 4) is 12.1 Å². The average molecular weight is 1080 g/mol. The minimum Gasteiger partial charge on any atom is -0.477 e. The van der Waals surface area contributed by atoms with Crippen molar-refractivity contribution in [1.82, 2.24) is 29.9 Å². The van der Waals surface area contributed by atoms with Gasteiger partial charge in [0.1, 0.15) is 29.6 Å². The van der Waals surface area contributed by atoms with Gasteiger partial charge in [-0.15, -0.1) is 0 Å². The van der Waals surface area contributed by atoms with Crippen molar-refractivity contribution in [2.24, 2.45) is 5.73 Å². The van der Waals surface area contributed by atoms with Crippen LogP contribution in [0, 0.1) is 22.7 Å². The van der Waals surface area contributed by atoms with Gasteiger partial charge in [0.2, 0.25) is 5.91 Å². The zero-order valence-corrected chi connectivity index (χ0v) is 42.3. The monoisotopic (exact) mass is 1080 g/mol. The number of amides is 7. The molecule has 3 saturated heterocycles.